The van der Waals surface area contributed by atoms with E-state index in [0.29, 0.717) is 16.9 Å². The number of hydrogen-bond acceptors (Lipinski definition) is 3. The summed E-state index contributed by atoms with van der Waals surface area (Å²) in [5, 5.41) is 11.4. The standard InChI is InChI=1S/C10H10F3N3O/c11-10(12,13)5-14-4-9-15-7-2-1-6(17)3-8(7)16-9/h1-3,14,17H,4-5H2,(H,15,16). The lowest BCUT2D eigenvalue weighted by Crippen LogP contribution is -2.28. The summed E-state index contributed by atoms with van der Waals surface area (Å²) in [6.45, 7) is -1.07. The fourth-order valence-corrected chi connectivity index (χ4v) is 1.46. The molecule has 92 valence electrons. The van der Waals surface area contributed by atoms with E-state index >= 15 is 0 Å². The molecule has 2 aromatic rings. The van der Waals surface area contributed by atoms with Gasteiger partial charge >= 0.3 is 6.18 Å². The van der Waals surface area contributed by atoms with Crippen LogP contribution in [0.1, 0.15) is 5.82 Å². The second-order valence-electron chi connectivity index (χ2n) is 3.60. The molecule has 2 rings (SSSR count). The number of aromatic nitrogens is 2. The molecule has 0 spiro atoms. The van der Waals surface area contributed by atoms with E-state index in [1.807, 2.05) is 0 Å². The van der Waals surface area contributed by atoms with Crippen molar-refractivity contribution in [1.29, 1.82) is 0 Å². The number of nitrogens with one attached hydrogen (secondary N) is 2. The van der Waals surface area contributed by atoms with Gasteiger partial charge in [0.15, 0.2) is 0 Å². The van der Waals surface area contributed by atoms with Crippen LogP contribution in [0, 0.1) is 0 Å². The van der Waals surface area contributed by atoms with Crippen molar-refractivity contribution in [3.05, 3.63) is 24.0 Å². The van der Waals surface area contributed by atoms with Crippen molar-refractivity contribution in [2.45, 2.75) is 12.7 Å². The number of nitrogens with zero attached hydrogens (tertiary/aromatic N) is 1. The number of phenolic OH excluding ortho intramolecular Hbond substituents is 1. The van der Waals surface area contributed by atoms with E-state index in [1.165, 1.54) is 12.1 Å². The van der Waals surface area contributed by atoms with Crippen LogP contribution in [0.4, 0.5) is 13.2 Å². The Morgan fingerprint density at radius 2 is 2.12 bits per heavy atom. The van der Waals surface area contributed by atoms with Crippen LogP contribution in [0.3, 0.4) is 0 Å². The number of hydrogen-bond donors (Lipinski definition) is 3. The van der Waals surface area contributed by atoms with Gasteiger partial charge in [-0.3, -0.25) is 0 Å². The number of rotatable bonds is 3. The second-order valence-corrected chi connectivity index (χ2v) is 3.60. The minimum absolute atomic E-state index is 0.00501. The van der Waals surface area contributed by atoms with Crippen molar-refractivity contribution in [1.82, 2.24) is 15.3 Å². The quantitative estimate of drug-likeness (QED) is 0.774. The Balaban J connectivity index is 2.05. The van der Waals surface area contributed by atoms with Gasteiger partial charge in [-0.1, -0.05) is 0 Å². The fourth-order valence-electron chi connectivity index (χ4n) is 1.46. The molecular formula is C10H10F3N3O. The summed E-state index contributed by atoms with van der Waals surface area (Å²) in [5.74, 6) is 0.478. The smallest absolute Gasteiger partial charge is 0.401 e. The van der Waals surface area contributed by atoms with Gasteiger partial charge in [0.1, 0.15) is 11.6 Å². The molecule has 4 nitrogen and oxygen atoms in total. The number of alkyl halides is 3. The lowest BCUT2D eigenvalue weighted by molar-refractivity contribution is -0.125. The Morgan fingerprint density at radius 1 is 1.35 bits per heavy atom. The van der Waals surface area contributed by atoms with Crippen LogP contribution in [0.15, 0.2) is 18.2 Å². The van der Waals surface area contributed by atoms with E-state index in [2.05, 4.69) is 15.3 Å². The number of aromatic amines is 1. The van der Waals surface area contributed by atoms with Gasteiger partial charge in [0.25, 0.3) is 0 Å². The predicted molar refractivity (Wildman–Crippen MR) is 55.5 cm³/mol. The Hall–Kier alpha value is -1.76. The number of H-pyrrole nitrogens is 1. The molecule has 0 saturated heterocycles. The molecule has 0 atom stereocenters. The molecule has 7 heteroatoms. The second kappa shape index (κ2) is 4.25. The van der Waals surface area contributed by atoms with Crippen molar-refractivity contribution in [2.75, 3.05) is 6.54 Å². The molecule has 1 aromatic heterocycles. The van der Waals surface area contributed by atoms with Crippen LogP contribution in [0.5, 0.6) is 5.75 Å². The Kier molecular flexibility index (Phi) is 2.93. The van der Waals surface area contributed by atoms with Gasteiger partial charge in [0.2, 0.25) is 0 Å². The molecule has 0 fully saturated rings. The first-order valence-electron chi connectivity index (χ1n) is 4.89. The van der Waals surface area contributed by atoms with Crippen LogP contribution in [0.25, 0.3) is 11.0 Å². The maximum atomic E-state index is 11.9. The first kappa shape index (κ1) is 11.7. The molecule has 0 radical (unpaired) electrons. The summed E-state index contributed by atoms with van der Waals surface area (Å²) >= 11 is 0. The van der Waals surface area contributed by atoms with Crippen molar-refractivity contribution in [3.8, 4) is 5.75 Å². The predicted octanol–water partition coefficient (Wildman–Crippen LogP) is 1.92. The molecule has 0 bridgehead atoms. The third kappa shape index (κ3) is 3.10. The van der Waals surface area contributed by atoms with Crippen molar-refractivity contribution < 1.29 is 18.3 Å². The number of benzene rings is 1. The Morgan fingerprint density at radius 3 is 2.82 bits per heavy atom. The normalized spacial score (nSPS) is 12.2. The number of phenols is 1. The van der Waals surface area contributed by atoms with Crippen molar-refractivity contribution in [2.24, 2.45) is 0 Å². The highest BCUT2D eigenvalue weighted by molar-refractivity contribution is 5.76. The molecule has 0 aliphatic heterocycles. The molecular weight excluding hydrogens is 235 g/mol. The third-order valence-corrected chi connectivity index (χ3v) is 2.13. The molecule has 3 N–H and O–H groups in total. The lowest BCUT2D eigenvalue weighted by atomic mass is 10.3. The number of aromatic hydroxyl groups is 1. The maximum absolute atomic E-state index is 11.9. The molecule has 0 saturated carbocycles. The van der Waals surface area contributed by atoms with Crippen molar-refractivity contribution >= 4 is 11.0 Å². The van der Waals surface area contributed by atoms with Crippen molar-refractivity contribution in [3.63, 3.8) is 0 Å². The van der Waals surface area contributed by atoms with Gasteiger partial charge in [-0.05, 0) is 12.1 Å². The van der Waals surface area contributed by atoms with Crippen LogP contribution >= 0.6 is 0 Å². The van der Waals surface area contributed by atoms with Gasteiger partial charge in [-0.15, -0.1) is 0 Å². The van der Waals surface area contributed by atoms with E-state index in [-0.39, 0.29) is 12.3 Å². The maximum Gasteiger partial charge on any atom is 0.401 e. The molecule has 0 aliphatic carbocycles. The highest BCUT2D eigenvalue weighted by Crippen LogP contribution is 2.18. The highest BCUT2D eigenvalue weighted by Gasteiger charge is 2.26. The lowest BCUT2D eigenvalue weighted by Gasteiger charge is -2.05. The van der Waals surface area contributed by atoms with Gasteiger partial charge in [-0.25, -0.2) is 4.98 Å². The van der Waals surface area contributed by atoms with Crippen LogP contribution < -0.4 is 5.32 Å². The van der Waals surface area contributed by atoms with E-state index in [4.69, 9.17) is 0 Å². The van der Waals surface area contributed by atoms with Crippen LogP contribution in [0.2, 0.25) is 0 Å². The van der Waals surface area contributed by atoms with E-state index < -0.39 is 12.7 Å². The zero-order valence-electron chi connectivity index (χ0n) is 8.67. The molecule has 1 heterocycles. The first-order chi connectivity index (χ1) is 7.94. The van der Waals surface area contributed by atoms with E-state index in [9.17, 15) is 18.3 Å². The molecule has 0 unspecified atom stereocenters. The Labute approximate surface area is 94.5 Å². The molecule has 17 heavy (non-hydrogen) atoms. The topological polar surface area (TPSA) is 60.9 Å². The average molecular weight is 245 g/mol. The number of halogens is 3. The Bertz CT molecular complexity index is 521. The molecule has 0 amide bonds. The summed E-state index contributed by atoms with van der Waals surface area (Å²) in [4.78, 5) is 6.90. The van der Waals surface area contributed by atoms with E-state index in [1.54, 1.807) is 6.07 Å². The zero-order valence-corrected chi connectivity index (χ0v) is 8.67. The summed E-state index contributed by atoms with van der Waals surface area (Å²) in [5.41, 5.74) is 1.19. The summed E-state index contributed by atoms with van der Waals surface area (Å²) in [7, 11) is 0. The summed E-state index contributed by atoms with van der Waals surface area (Å²) < 4.78 is 35.7. The van der Waals surface area contributed by atoms with E-state index in [0.717, 1.165) is 0 Å². The van der Waals surface area contributed by atoms with Crippen LogP contribution in [-0.2, 0) is 6.54 Å². The first-order valence-corrected chi connectivity index (χ1v) is 4.89. The summed E-state index contributed by atoms with van der Waals surface area (Å²) in [6.07, 6.45) is -4.23. The summed E-state index contributed by atoms with van der Waals surface area (Å²) in [6, 6.07) is 4.53. The monoisotopic (exact) mass is 245 g/mol. The average Bonchev–Trinajstić information content (AvgIpc) is 2.57. The molecule has 0 aliphatic rings. The minimum Gasteiger partial charge on any atom is -0.508 e. The minimum atomic E-state index is -4.23. The van der Waals surface area contributed by atoms with Gasteiger partial charge in [0.05, 0.1) is 24.1 Å². The number of imidazole rings is 1. The third-order valence-electron chi connectivity index (χ3n) is 2.13. The largest absolute Gasteiger partial charge is 0.508 e. The zero-order chi connectivity index (χ0) is 12.5. The SMILES string of the molecule is Oc1ccc2nc(CNCC(F)(F)F)[nH]c2c1. The van der Waals surface area contributed by atoms with Gasteiger partial charge in [-0.2, -0.15) is 13.2 Å². The molecule has 1 aromatic carbocycles. The van der Waals surface area contributed by atoms with Crippen LogP contribution in [-0.4, -0.2) is 27.8 Å². The highest BCUT2D eigenvalue weighted by atomic mass is 19.4. The van der Waals surface area contributed by atoms with Gasteiger partial charge < -0.3 is 15.4 Å². The number of fused-ring (bicyclic) bond motifs is 1. The fraction of sp³-hybridized carbons (Fsp3) is 0.300. The van der Waals surface area contributed by atoms with Gasteiger partial charge in [0, 0.05) is 6.07 Å².